The van der Waals surface area contributed by atoms with Crippen molar-refractivity contribution in [2.45, 2.75) is 45.1 Å². The molecule has 3 aliphatic rings. The summed E-state index contributed by atoms with van der Waals surface area (Å²) < 4.78 is 15.5. The lowest BCUT2D eigenvalue weighted by atomic mass is 9.78. The fourth-order valence-corrected chi connectivity index (χ4v) is 7.34. The fraction of sp³-hybridized carbons (Fsp3) is 0.419. The van der Waals surface area contributed by atoms with Crippen LogP contribution in [0.5, 0.6) is 0 Å². The molecule has 1 amide bonds. The number of pyridine rings is 1. The first-order chi connectivity index (χ1) is 20.1. The summed E-state index contributed by atoms with van der Waals surface area (Å²) in [5.74, 6) is -0.439. The quantitative estimate of drug-likeness (QED) is 0.351. The Morgan fingerprint density at radius 1 is 1.19 bits per heavy atom. The Bertz CT molecular complexity index is 1760. The number of aryl methyl sites for hydroxylation is 2. The molecule has 3 aromatic heterocycles. The first kappa shape index (κ1) is 26.9. The zero-order valence-electron chi connectivity index (χ0n) is 23.9. The van der Waals surface area contributed by atoms with E-state index in [9.17, 15) is 19.6 Å². The van der Waals surface area contributed by atoms with E-state index in [0.29, 0.717) is 47.2 Å². The van der Waals surface area contributed by atoms with Crippen LogP contribution in [0.1, 0.15) is 42.5 Å². The molecule has 5 heterocycles. The molecule has 0 bridgehead atoms. The fourth-order valence-electron chi connectivity index (χ4n) is 6.49. The molecule has 2 saturated heterocycles. The molecule has 11 heteroatoms. The molecule has 1 aliphatic carbocycles. The van der Waals surface area contributed by atoms with E-state index in [-0.39, 0.29) is 17.1 Å². The number of rotatable bonds is 6. The topological polar surface area (TPSA) is 101 Å². The third-order valence-corrected chi connectivity index (χ3v) is 10.0. The summed E-state index contributed by atoms with van der Waals surface area (Å²) in [5.41, 5.74) is 5.17. The van der Waals surface area contributed by atoms with Crippen molar-refractivity contribution in [2.24, 2.45) is 5.41 Å². The van der Waals surface area contributed by atoms with E-state index >= 15 is 0 Å². The average molecular weight is 586 g/mol. The van der Waals surface area contributed by atoms with Crippen molar-refractivity contribution in [3.05, 3.63) is 58.5 Å². The van der Waals surface area contributed by atoms with Gasteiger partial charge in [0.25, 0.3) is 5.91 Å². The second kappa shape index (κ2) is 9.51. The number of likely N-dealkylation sites (tertiary alicyclic amines) is 1. The minimum Gasteiger partial charge on any atom is -0.380 e. The van der Waals surface area contributed by atoms with E-state index in [1.807, 2.05) is 21.4 Å². The van der Waals surface area contributed by atoms with Crippen LogP contribution in [0, 0.1) is 29.5 Å². The monoisotopic (exact) mass is 585 g/mol. The maximum Gasteiger partial charge on any atom is 0.254 e. The number of aromatic nitrogens is 3. The van der Waals surface area contributed by atoms with Crippen LogP contribution >= 0.6 is 11.3 Å². The molecule has 1 N–H and O–H groups in total. The third-order valence-electron chi connectivity index (χ3n) is 9.00. The Morgan fingerprint density at radius 2 is 1.93 bits per heavy atom. The molecule has 0 unspecified atom stereocenters. The number of anilines is 3. The number of hydrogen-bond acceptors (Lipinski definition) is 8. The van der Waals surface area contributed by atoms with Gasteiger partial charge in [-0.3, -0.25) is 4.79 Å². The highest BCUT2D eigenvalue weighted by molar-refractivity contribution is 7.16. The van der Waals surface area contributed by atoms with Gasteiger partial charge in [-0.2, -0.15) is 10.4 Å². The van der Waals surface area contributed by atoms with Crippen molar-refractivity contribution in [3.63, 3.8) is 0 Å². The van der Waals surface area contributed by atoms with Gasteiger partial charge in [-0.1, -0.05) is 18.3 Å². The van der Waals surface area contributed by atoms with Crippen LogP contribution < -0.4 is 9.80 Å². The zero-order valence-corrected chi connectivity index (χ0v) is 24.7. The standard InChI is InChI=1S/C31H32FN7O2S/c1-4-23-27(36(3)29-34-26(25(15-33)42-29)20-5-7-21(32)8-6-20)24-14-22(13-19(2)39(24)35-23)37-12-11-30(16-37)17-38(18-30)28(40)31(41)9-10-31/h5-8,13-14,41H,4,9-12,16-18H2,1-3H3. The van der Waals surface area contributed by atoms with Crippen molar-refractivity contribution in [2.75, 3.05) is 43.0 Å². The van der Waals surface area contributed by atoms with Gasteiger partial charge in [-0.25, -0.2) is 13.9 Å². The number of thiazole rings is 1. The second-order valence-electron chi connectivity index (χ2n) is 12.0. The van der Waals surface area contributed by atoms with Gasteiger partial charge in [0.2, 0.25) is 0 Å². The molecule has 1 saturated carbocycles. The highest BCUT2D eigenvalue weighted by Crippen LogP contribution is 2.46. The molecular formula is C31H32FN7O2S. The minimum absolute atomic E-state index is 0.0702. The Morgan fingerprint density at radius 3 is 2.60 bits per heavy atom. The van der Waals surface area contributed by atoms with Crippen LogP contribution in [0.25, 0.3) is 16.8 Å². The smallest absolute Gasteiger partial charge is 0.254 e. The highest BCUT2D eigenvalue weighted by Gasteiger charge is 2.57. The molecule has 9 nitrogen and oxygen atoms in total. The molecular weight excluding hydrogens is 553 g/mol. The average Bonchev–Trinajstić information content (AvgIpc) is 3.33. The summed E-state index contributed by atoms with van der Waals surface area (Å²) in [5, 5.41) is 25.7. The lowest BCUT2D eigenvalue weighted by Crippen LogP contribution is -2.62. The summed E-state index contributed by atoms with van der Waals surface area (Å²) in [7, 11) is 1.95. The normalized spacial score (nSPS) is 18.4. The highest BCUT2D eigenvalue weighted by atomic mass is 32.1. The van der Waals surface area contributed by atoms with E-state index < -0.39 is 5.60 Å². The Kier molecular flexibility index (Phi) is 6.08. The van der Waals surface area contributed by atoms with Gasteiger partial charge < -0.3 is 19.8 Å². The summed E-state index contributed by atoms with van der Waals surface area (Å²) in [4.78, 5) is 24.1. The van der Waals surface area contributed by atoms with E-state index in [4.69, 9.17) is 10.1 Å². The van der Waals surface area contributed by atoms with Gasteiger partial charge in [0.05, 0.1) is 16.9 Å². The number of carbonyl (C=O) groups is 1. The molecule has 1 spiro atoms. The van der Waals surface area contributed by atoms with Gasteiger partial charge in [0.1, 0.15) is 28.1 Å². The Hall–Kier alpha value is -4.01. The number of carbonyl (C=O) groups excluding carboxylic acids is 1. The van der Waals surface area contributed by atoms with E-state index in [1.54, 1.807) is 12.1 Å². The summed E-state index contributed by atoms with van der Waals surface area (Å²) >= 11 is 1.31. The maximum atomic E-state index is 13.5. The van der Waals surface area contributed by atoms with Gasteiger partial charge in [0.15, 0.2) is 5.13 Å². The number of nitriles is 1. The van der Waals surface area contributed by atoms with Gasteiger partial charge in [-0.05, 0) is 69.0 Å². The largest absolute Gasteiger partial charge is 0.380 e. The molecule has 0 atom stereocenters. The van der Waals surface area contributed by atoms with E-state index in [1.165, 1.54) is 23.5 Å². The first-order valence-corrected chi connectivity index (χ1v) is 15.1. The first-order valence-electron chi connectivity index (χ1n) is 14.3. The molecule has 3 fully saturated rings. The van der Waals surface area contributed by atoms with Crippen LogP contribution in [-0.4, -0.2) is 69.3 Å². The minimum atomic E-state index is -1.10. The second-order valence-corrected chi connectivity index (χ2v) is 13.0. The molecule has 1 aromatic carbocycles. The molecule has 0 radical (unpaired) electrons. The van der Waals surface area contributed by atoms with Crippen molar-refractivity contribution in [1.29, 1.82) is 5.26 Å². The number of fused-ring (bicyclic) bond motifs is 1. The molecule has 2 aliphatic heterocycles. The number of nitrogens with zero attached hydrogens (tertiary/aromatic N) is 7. The van der Waals surface area contributed by atoms with Crippen LogP contribution in [0.4, 0.5) is 20.9 Å². The molecule has 4 aromatic rings. The Balaban J connectivity index is 1.20. The number of amides is 1. The van der Waals surface area contributed by atoms with Crippen molar-refractivity contribution in [3.8, 4) is 17.3 Å². The number of aliphatic hydroxyl groups is 1. The lowest BCUT2D eigenvalue weighted by molar-refractivity contribution is -0.153. The summed E-state index contributed by atoms with van der Waals surface area (Å²) in [6.07, 6.45) is 2.89. The summed E-state index contributed by atoms with van der Waals surface area (Å²) in [6, 6.07) is 12.6. The number of halogens is 1. The number of benzene rings is 1. The molecule has 7 rings (SSSR count). The van der Waals surface area contributed by atoms with Crippen LogP contribution in [-0.2, 0) is 11.2 Å². The lowest BCUT2D eigenvalue weighted by Gasteiger charge is -2.48. The Labute approximate surface area is 247 Å². The number of hydrogen-bond donors (Lipinski definition) is 1. The molecule has 42 heavy (non-hydrogen) atoms. The predicted molar refractivity (Wildman–Crippen MR) is 160 cm³/mol. The predicted octanol–water partition coefficient (Wildman–Crippen LogP) is 4.67. The molecule has 216 valence electrons. The third kappa shape index (κ3) is 4.24. The van der Waals surface area contributed by atoms with E-state index in [2.05, 4.69) is 36.9 Å². The van der Waals surface area contributed by atoms with Crippen molar-refractivity contribution >= 4 is 39.3 Å². The van der Waals surface area contributed by atoms with Crippen LogP contribution in [0.15, 0.2) is 36.4 Å². The summed E-state index contributed by atoms with van der Waals surface area (Å²) in [6.45, 7) is 7.31. The van der Waals surface area contributed by atoms with Crippen molar-refractivity contribution in [1.82, 2.24) is 19.5 Å². The van der Waals surface area contributed by atoms with Crippen LogP contribution in [0.3, 0.4) is 0 Å². The zero-order chi connectivity index (χ0) is 29.4. The van der Waals surface area contributed by atoms with Gasteiger partial charge in [-0.15, -0.1) is 0 Å². The SMILES string of the molecule is CCc1nn2c(C)cc(N3CCC4(CN(C(=O)C5(O)CC5)C4)C3)cc2c1N(C)c1nc(-c2ccc(F)cc2)c(C#N)s1. The van der Waals surface area contributed by atoms with Gasteiger partial charge >= 0.3 is 0 Å². The maximum absolute atomic E-state index is 13.5. The van der Waals surface area contributed by atoms with E-state index in [0.717, 1.165) is 54.2 Å². The van der Waals surface area contributed by atoms with Crippen molar-refractivity contribution < 1.29 is 14.3 Å². The van der Waals surface area contributed by atoms with Crippen LogP contribution in [0.2, 0.25) is 0 Å². The van der Waals surface area contributed by atoms with Gasteiger partial charge in [0, 0.05) is 55.6 Å².